The van der Waals surface area contributed by atoms with Crippen LogP contribution in [0.4, 0.5) is 0 Å². The van der Waals surface area contributed by atoms with E-state index < -0.39 is 15.6 Å². The lowest BCUT2D eigenvalue weighted by molar-refractivity contribution is 0.398. The number of nitrogens with one attached hydrogen (secondary N) is 1. The Kier molecular flexibility index (Phi) is 5.59. The molecule has 0 aliphatic heterocycles. The molecule has 0 aliphatic rings. The number of halogens is 1. The van der Waals surface area contributed by atoms with Gasteiger partial charge in [0.05, 0.1) is 4.90 Å². The van der Waals surface area contributed by atoms with E-state index in [0.29, 0.717) is 10.2 Å². The second-order valence-electron chi connectivity index (χ2n) is 4.97. The van der Waals surface area contributed by atoms with E-state index in [2.05, 4.69) is 20.7 Å². The van der Waals surface area contributed by atoms with Crippen molar-refractivity contribution in [1.82, 2.24) is 4.72 Å². The number of alkyl halides is 1. The molecule has 0 amide bonds. The van der Waals surface area contributed by atoms with Crippen LogP contribution in [0.2, 0.25) is 0 Å². The summed E-state index contributed by atoms with van der Waals surface area (Å²) in [5.41, 5.74) is 1.66. The van der Waals surface area contributed by atoms with Crippen molar-refractivity contribution in [2.45, 2.75) is 51.0 Å². The molecule has 0 bridgehead atoms. The molecule has 0 heterocycles. The van der Waals surface area contributed by atoms with Crippen LogP contribution in [0.5, 0.6) is 0 Å². The SMILES string of the molecule is CCC(CC)(CBr)NS(=O)(=O)c1ccc(C)c(C)c1. The van der Waals surface area contributed by atoms with Crippen LogP contribution in [0.3, 0.4) is 0 Å². The van der Waals surface area contributed by atoms with Gasteiger partial charge in [0.25, 0.3) is 0 Å². The van der Waals surface area contributed by atoms with E-state index in [-0.39, 0.29) is 0 Å². The van der Waals surface area contributed by atoms with Crippen LogP contribution in [0.1, 0.15) is 37.8 Å². The van der Waals surface area contributed by atoms with Crippen molar-refractivity contribution in [3.63, 3.8) is 0 Å². The number of hydrogen-bond acceptors (Lipinski definition) is 2. The van der Waals surface area contributed by atoms with Crippen LogP contribution in [0.25, 0.3) is 0 Å². The molecular formula is C14H22BrNO2S. The molecule has 0 saturated carbocycles. The fraction of sp³-hybridized carbons (Fsp3) is 0.571. The molecule has 108 valence electrons. The predicted octanol–water partition coefficient (Wildman–Crippen LogP) is 3.54. The first-order valence-corrected chi connectivity index (χ1v) is 9.08. The number of benzene rings is 1. The Labute approximate surface area is 125 Å². The topological polar surface area (TPSA) is 46.2 Å². The van der Waals surface area contributed by atoms with E-state index in [1.807, 2.05) is 33.8 Å². The van der Waals surface area contributed by atoms with Crippen molar-refractivity contribution in [2.75, 3.05) is 5.33 Å². The van der Waals surface area contributed by atoms with E-state index in [9.17, 15) is 8.42 Å². The maximum atomic E-state index is 12.5. The Morgan fingerprint density at radius 3 is 2.16 bits per heavy atom. The summed E-state index contributed by atoms with van der Waals surface area (Å²) < 4.78 is 27.8. The third kappa shape index (κ3) is 3.80. The maximum Gasteiger partial charge on any atom is 0.241 e. The number of hydrogen-bond donors (Lipinski definition) is 1. The summed E-state index contributed by atoms with van der Waals surface area (Å²) in [5.74, 6) is 0. The normalized spacial score (nSPS) is 12.7. The standard InChI is InChI=1S/C14H22BrNO2S/c1-5-14(6-2,10-15)16-19(17,18)13-8-7-11(3)12(4)9-13/h7-9,16H,5-6,10H2,1-4H3. The Balaban J connectivity index is 3.14. The lowest BCUT2D eigenvalue weighted by Gasteiger charge is -2.30. The van der Waals surface area contributed by atoms with Gasteiger partial charge in [-0.05, 0) is 49.9 Å². The van der Waals surface area contributed by atoms with Crippen molar-refractivity contribution in [1.29, 1.82) is 0 Å². The van der Waals surface area contributed by atoms with E-state index in [1.165, 1.54) is 0 Å². The minimum absolute atomic E-state index is 0.336. The van der Waals surface area contributed by atoms with Crippen molar-refractivity contribution in [3.8, 4) is 0 Å². The van der Waals surface area contributed by atoms with Crippen molar-refractivity contribution in [3.05, 3.63) is 29.3 Å². The molecule has 1 N–H and O–H groups in total. The van der Waals surface area contributed by atoms with Crippen molar-refractivity contribution >= 4 is 26.0 Å². The van der Waals surface area contributed by atoms with E-state index in [0.717, 1.165) is 24.0 Å². The summed E-state index contributed by atoms with van der Waals surface area (Å²) in [6.45, 7) is 7.88. The highest BCUT2D eigenvalue weighted by Crippen LogP contribution is 2.23. The van der Waals surface area contributed by atoms with Crippen LogP contribution in [0, 0.1) is 13.8 Å². The van der Waals surface area contributed by atoms with E-state index in [1.54, 1.807) is 12.1 Å². The summed E-state index contributed by atoms with van der Waals surface area (Å²) in [4.78, 5) is 0.336. The minimum Gasteiger partial charge on any atom is -0.207 e. The summed E-state index contributed by atoms with van der Waals surface area (Å²) >= 11 is 3.42. The number of aryl methyl sites for hydroxylation is 2. The zero-order valence-corrected chi connectivity index (χ0v) is 14.4. The molecule has 0 spiro atoms. The monoisotopic (exact) mass is 347 g/mol. The van der Waals surface area contributed by atoms with Crippen LogP contribution >= 0.6 is 15.9 Å². The molecule has 0 aromatic heterocycles. The van der Waals surface area contributed by atoms with Gasteiger partial charge in [-0.25, -0.2) is 13.1 Å². The van der Waals surface area contributed by atoms with Crippen molar-refractivity contribution in [2.24, 2.45) is 0 Å². The second-order valence-corrected chi connectivity index (χ2v) is 7.22. The molecular weight excluding hydrogens is 326 g/mol. The van der Waals surface area contributed by atoms with Crippen LogP contribution in [-0.4, -0.2) is 19.3 Å². The molecule has 0 aliphatic carbocycles. The summed E-state index contributed by atoms with van der Waals surface area (Å²) in [5, 5.41) is 0.608. The number of rotatable bonds is 6. The summed E-state index contributed by atoms with van der Waals surface area (Å²) in [6, 6.07) is 5.23. The van der Waals surface area contributed by atoms with Gasteiger partial charge >= 0.3 is 0 Å². The van der Waals surface area contributed by atoms with Gasteiger partial charge in [0, 0.05) is 10.9 Å². The third-order valence-electron chi connectivity index (χ3n) is 3.75. The lowest BCUT2D eigenvalue weighted by Crippen LogP contribution is -2.48. The average molecular weight is 348 g/mol. The molecule has 0 unspecified atom stereocenters. The zero-order valence-electron chi connectivity index (χ0n) is 12.0. The molecule has 0 radical (unpaired) electrons. The molecule has 19 heavy (non-hydrogen) atoms. The van der Waals surface area contributed by atoms with Gasteiger partial charge in [-0.3, -0.25) is 0 Å². The zero-order chi connectivity index (χ0) is 14.7. The van der Waals surface area contributed by atoms with Gasteiger partial charge in [0.1, 0.15) is 0 Å². The van der Waals surface area contributed by atoms with Gasteiger partial charge in [-0.2, -0.15) is 0 Å². The Bertz CT molecular complexity index is 528. The molecule has 0 atom stereocenters. The predicted molar refractivity (Wildman–Crippen MR) is 83.3 cm³/mol. The Hall–Kier alpha value is -0.390. The lowest BCUT2D eigenvalue weighted by atomic mass is 9.97. The Morgan fingerprint density at radius 1 is 1.16 bits per heavy atom. The molecule has 0 saturated heterocycles. The van der Waals surface area contributed by atoms with Crippen LogP contribution < -0.4 is 4.72 Å². The molecule has 5 heteroatoms. The van der Waals surface area contributed by atoms with Gasteiger partial charge in [-0.1, -0.05) is 35.8 Å². The molecule has 1 aromatic rings. The van der Waals surface area contributed by atoms with Crippen molar-refractivity contribution < 1.29 is 8.42 Å². The second kappa shape index (κ2) is 6.37. The fourth-order valence-corrected chi connectivity index (χ4v) is 4.58. The van der Waals surface area contributed by atoms with Crippen LogP contribution in [0.15, 0.2) is 23.1 Å². The first kappa shape index (κ1) is 16.7. The smallest absolute Gasteiger partial charge is 0.207 e. The molecule has 3 nitrogen and oxygen atoms in total. The highest BCUT2D eigenvalue weighted by molar-refractivity contribution is 9.09. The summed E-state index contributed by atoms with van der Waals surface area (Å²) in [7, 11) is -3.47. The van der Waals surface area contributed by atoms with Gasteiger partial charge < -0.3 is 0 Å². The first-order valence-electron chi connectivity index (χ1n) is 6.47. The fourth-order valence-electron chi connectivity index (χ4n) is 1.84. The molecule has 0 fully saturated rings. The maximum absolute atomic E-state index is 12.5. The largest absolute Gasteiger partial charge is 0.241 e. The number of sulfonamides is 1. The van der Waals surface area contributed by atoms with Gasteiger partial charge in [-0.15, -0.1) is 0 Å². The quantitative estimate of drug-likeness (QED) is 0.800. The minimum atomic E-state index is -3.47. The average Bonchev–Trinajstić information content (AvgIpc) is 2.39. The highest BCUT2D eigenvalue weighted by atomic mass is 79.9. The van der Waals surface area contributed by atoms with Gasteiger partial charge in [0.2, 0.25) is 10.0 Å². The summed E-state index contributed by atoms with van der Waals surface area (Å²) in [6.07, 6.45) is 1.50. The molecule has 1 aromatic carbocycles. The Morgan fingerprint density at radius 2 is 1.74 bits per heavy atom. The van der Waals surface area contributed by atoms with E-state index in [4.69, 9.17) is 0 Å². The third-order valence-corrected chi connectivity index (χ3v) is 6.40. The first-order chi connectivity index (χ1) is 8.80. The van der Waals surface area contributed by atoms with Gasteiger partial charge in [0.15, 0.2) is 0 Å². The van der Waals surface area contributed by atoms with Crippen LogP contribution in [-0.2, 0) is 10.0 Å². The highest BCUT2D eigenvalue weighted by Gasteiger charge is 2.31. The molecule has 1 rings (SSSR count). The van der Waals surface area contributed by atoms with E-state index >= 15 is 0 Å².